The van der Waals surface area contributed by atoms with Crippen LogP contribution < -0.4 is 0 Å². The molecule has 0 heterocycles. The number of nitrogens with zero attached hydrogens (tertiary/aromatic N) is 1. The van der Waals surface area contributed by atoms with Crippen molar-refractivity contribution in [2.45, 2.75) is 32.1 Å². The highest BCUT2D eigenvalue weighted by Crippen LogP contribution is 2.13. The molecule has 1 rings (SSSR count). The maximum Gasteiger partial charge on any atom is 0.0244 e. The summed E-state index contributed by atoms with van der Waals surface area (Å²) in [6, 6.07) is 6.66. The average Bonchev–Trinajstić information content (AvgIpc) is 2.10. The predicted molar refractivity (Wildman–Crippen MR) is 70.6 cm³/mol. The van der Waals surface area contributed by atoms with Gasteiger partial charge in [0.05, 0.1) is 0 Å². The standard InChI is InChI=1S/C13H20BrN/c1-10-5-6-11(2)13(7-10)9-15(4)8-12(3)14/h5-7,12H,8-9H2,1-4H3. The van der Waals surface area contributed by atoms with Crippen molar-refractivity contribution in [2.75, 3.05) is 13.6 Å². The van der Waals surface area contributed by atoms with Crippen LogP contribution in [0.1, 0.15) is 23.6 Å². The van der Waals surface area contributed by atoms with Crippen molar-refractivity contribution in [3.8, 4) is 0 Å². The Kier molecular flexibility index (Phi) is 4.81. The van der Waals surface area contributed by atoms with Crippen LogP contribution in [0.3, 0.4) is 0 Å². The molecule has 0 saturated carbocycles. The van der Waals surface area contributed by atoms with Gasteiger partial charge in [-0.05, 0) is 32.0 Å². The molecule has 1 nitrogen and oxygen atoms in total. The van der Waals surface area contributed by atoms with E-state index in [0.29, 0.717) is 4.83 Å². The maximum atomic E-state index is 3.58. The zero-order valence-electron chi connectivity index (χ0n) is 10.0. The largest absolute Gasteiger partial charge is 0.301 e. The summed E-state index contributed by atoms with van der Waals surface area (Å²) in [6.45, 7) is 8.62. The van der Waals surface area contributed by atoms with E-state index in [2.05, 4.69) is 66.8 Å². The zero-order chi connectivity index (χ0) is 11.4. The quantitative estimate of drug-likeness (QED) is 0.757. The zero-order valence-corrected chi connectivity index (χ0v) is 11.6. The predicted octanol–water partition coefficient (Wildman–Crippen LogP) is 3.52. The Balaban J connectivity index is 2.67. The molecular weight excluding hydrogens is 250 g/mol. The first-order valence-corrected chi connectivity index (χ1v) is 6.29. The van der Waals surface area contributed by atoms with Crippen LogP contribution in [-0.4, -0.2) is 23.3 Å². The third kappa shape index (κ3) is 4.35. The normalized spacial score (nSPS) is 13.2. The van der Waals surface area contributed by atoms with E-state index in [1.807, 2.05) is 0 Å². The minimum absolute atomic E-state index is 0.549. The fourth-order valence-corrected chi connectivity index (χ4v) is 2.25. The van der Waals surface area contributed by atoms with Crippen LogP contribution in [0.4, 0.5) is 0 Å². The third-order valence-electron chi connectivity index (χ3n) is 2.51. The highest BCUT2D eigenvalue weighted by atomic mass is 79.9. The Morgan fingerprint density at radius 3 is 2.60 bits per heavy atom. The SMILES string of the molecule is Cc1ccc(C)c(CN(C)CC(C)Br)c1. The summed E-state index contributed by atoms with van der Waals surface area (Å²) in [5, 5.41) is 0. The fraction of sp³-hybridized carbons (Fsp3) is 0.538. The van der Waals surface area contributed by atoms with Gasteiger partial charge in [-0.15, -0.1) is 0 Å². The first kappa shape index (κ1) is 12.7. The second-order valence-electron chi connectivity index (χ2n) is 4.41. The first-order chi connectivity index (χ1) is 6.99. The number of rotatable bonds is 4. The highest BCUT2D eigenvalue weighted by molar-refractivity contribution is 9.09. The monoisotopic (exact) mass is 269 g/mol. The number of hydrogen-bond acceptors (Lipinski definition) is 1. The topological polar surface area (TPSA) is 3.24 Å². The number of halogens is 1. The smallest absolute Gasteiger partial charge is 0.0244 e. The first-order valence-electron chi connectivity index (χ1n) is 5.38. The highest BCUT2D eigenvalue weighted by Gasteiger charge is 2.05. The lowest BCUT2D eigenvalue weighted by molar-refractivity contribution is 0.332. The van der Waals surface area contributed by atoms with Gasteiger partial charge >= 0.3 is 0 Å². The number of alkyl halides is 1. The van der Waals surface area contributed by atoms with E-state index < -0.39 is 0 Å². The van der Waals surface area contributed by atoms with Gasteiger partial charge in [-0.1, -0.05) is 46.6 Å². The second-order valence-corrected chi connectivity index (χ2v) is 5.97. The van der Waals surface area contributed by atoms with Gasteiger partial charge in [0.2, 0.25) is 0 Å². The molecule has 0 fully saturated rings. The fourth-order valence-electron chi connectivity index (χ4n) is 1.76. The molecule has 0 aliphatic rings. The summed E-state index contributed by atoms with van der Waals surface area (Å²) in [7, 11) is 2.17. The van der Waals surface area contributed by atoms with E-state index in [1.165, 1.54) is 16.7 Å². The number of benzene rings is 1. The minimum Gasteiger partial charge on any atom is -0.301 e. The van der Waals surface area contributed by atoms with E-state index in [0.717, 1.165) is 13.1 Å². The molecule has 1 atom stereocenters. The van der Waals surface area contributed by atoms with Crippen LogP contribution in [-0.2, 0) is 6.54 Å². The summed E-state index contributed by atoms with van der Waals surface area (Å²) in [4.78, 5) is 2.90. The van der Waals surface area contributed by atoms with Crippen molar-refractivity contribution < 1.29 is 0 Å². The lowest BCUT2D eigenvalue weighted by atomic mass is 10.1. The molecule has 1 aromatic carbocycles. The van der Waals surface area contributed by atoms with Gasteiger partial charge in [-0.25, -0.2) is 0 Å². The van der Waals surface area contributed by atoms with Crippen molar-refractivity contribution >= 4 is 15.9 Å². The number of hydrogen-bond donors (Lipinski definition) is 0. The summed E-state index contributed by atoms with van der Waals surface area (Å²) in [6.07, 6.45) is 0. The Morgan fingerprint density at radius 2 is 2.00 bits per heavy atom. The van der Waals surface area contributed by atoms with Gasteiger partial charge in [0.15, 0.2) is 0 Å². The van der Waals surface area contributed by atoms with E-state index in [1.54, 1.807) is 0 Å². The lowest BCUT2D eigenvalue weighted by Crippen LogP contribution is -2.24. The molecule has 15 heavy (non-hydrogen) atoms. The van der Waals surface area contributed by atoms with Crippen LogP contribution in [0.5, 0.6) is 0 Å². The van der Waals surface area contributed by atoms with E-state index in [9.17, 15) is 0 Å². The Morgan fingerprint density at radius 1 is 1.33 bits per heavy atom. The Labute approximate surface area is 102 Å². The second kappa shape index (κ2) is 5.66. The summed E-state index contributed by atoms with van der Waals surface area (Å²) in [5.74, 6) is 0. The molecule has 0 aliphatic heterocycles. The molecule has 84 valence electrons. The Hall–Kier alpha value is -0.340. The van der Waals surface area contributed by atoms with Crippen LogP contribution in [0.2, 0.25) is 0 Å². The van der Waals surface area contributed by atoms with E-state index in [4.69, 9.17) is 0 Å². The summed E-state index contributed by atoms with van der Waals surface area (Å²) in [5.41, 5.74) is 4.16. The van der Waals surface area contributed by atoms with E-state index >= 15 is 0 Å². The van der Waals surface area contributed by atoms with Gasteiger partial charge in [0, 0.05) is 17.9 Å². The third-order valence-corrected chi connectivity index (χ3v) is 2.80. The summed E-state index contributed by atoms with van der Waals surface area (Å²) < 4.78 is 0. The van der Waals surface area contributed by atoms with Crippen molar-refractivity contribution in [3.05, 3.63) is 34.9 Å². The van der Waals surface area contributed by atoms with Crippen LogP contribution in [0, 0.1) is 13.8 Å². The molecule has 0 spiro atoms. The van der Waals surface area contributed by atoms with Crippen LogP contribution in [0.15, 0.2) is 18.2 Å². The van der Waals surface area contributed by atoms with E-state index in [-0.39, 0.29) is 0 Å². The molecule has 0 radical (unpaired) electrons. The number of aryl methyl sites for hydroxylation is 2. The van der Waals surface area contributed by atoms with Crippen molar-refractivity contribution in [1.29, 1.82) is 0 Å². The molecular formula is C13H20BrN. The van der Waals surface area contributed by atoms with Crippen LogP contribution >= 0.6 is 15.9 Å². The van der Waals surface area contributed by atoms with Crippen molar-refractivity contribution in [1.82, 2.24) is 4.90 Å². The molecule has 1 unspecified atom stereocenters. The lowest BCUT2D eigenvalue weighted by Gasteiger charge is -2.19. The Bertz CT molecular complexity index is 320. The molecule has 0 N–H and O–H groups in total. The maximum absolute atomic E-state index is 3.58. The minimum atomic E-state index is 0.549. The molecule has 1 aromatic rings. The van der Waals surface area contributed by atoms with Gasteiger partial charge in [0.25, 0.3) is 0 Å². The van der Waals surface area contributed by atoms with Crippen molar-refractivity contribution in [3.63, 3.8) is 0 Å². The molecule has 0 saturated heterocycles. The molecule has 0 aliphatic carbocycles. The molecule has 0 amide bonds. The average molecular weight is 270 g/mol. The van der Waals surface area contributed by atoms with Gasteiger partial charge in [-0.2, -0.15) is 0 Å². The van der Waals surface area contributed by atoms with Crippen LogP contribution in [0.25, 0.3) is 0 Å². The van der Waals surface area contributed by atoms with Crippen molar-refractivity contribution in [2.24, 2.45) is 0 Å². The van der Waals surface area contributed by atoms with Gasteiger partial charge in [-0.3, -0.25) is 0 Å². The molecule has 0 aromatic heterocycles. The molecule has 2 heteroatoms. The summed E-state index contributed by atoms with van der Waals surface area (Å²) >= 11 is 3.58. The van der Waals surface area contributed by atoms with Gasteiger partial charge < -0.3 is 4.90 Å². The molecule has 0 bridgehead atoms. The van der Waals surface area contributed by atoms with Gasteiger partial charge in [0.1, 0.15) is 0 Å².